The van der Waals surface area contributed by atoms with E-state index in [-0.39, 0.29) is 0 Å². The molecule has 1 heterocycles. The van der Waals surface area contributed by atoms with Gasteiger partial charge in [-0.15, -0.1) is 0 Å². The summed E-state index contributed by atoms with van der Waals surface area (Å²) in [5, 5.41) is 9.60. The van der Waals surface area contributed by atoms with E-state index in [4.69, 9.17) is 9.68 Å². The van der Waals surface area contributed by atoms with Gasteiger partial charge in [-0.25, -0.2) is 0 Å². The molecule has 0 fully saturated rings. The molecule has 12 heavy (non-hydrogen) atoms. The molecule has 0 bridgehead atoms. The minimum Gasteiger partial charge on any atom is -0.463 e. The average molecular weight is 222 g/mol. The zero-order valence-corrected chi connectivity index (χ0v) is 7.63. The Kier molecular flexibility index (Phi) is 1.63. The Balaban J connectivity index is 2.86. The van der Waals surface area contributed by atoms with Crippen LogP contribution in [0.3, 0.4) is 0 Å². The normalized spacial score (nSPS) is 10.0. The summed E-state index contributed by atoms with van der Waals surface area (Å²) in [6.45, 7) is 0. The number of nitriles is 1. The highest BCUT2D eigenvalue weighted by molar-refractivity contribution is 9.10. The molecule has 58 valence electrons. The smallest absolute Gasteiger partial charge is 0.148 e. The van der Waals surface area contributed by atoms with Gasteiger partial charge < -0.3 is 4.42 Å². The molecule has 3 heteroatoms. The van der Waals surface area contributed by atoms with Gasteiger partial charge >= 0.3 is 0 Å². The molecule has 2 aromatic rings. The van der Waals surface area contributed by atoms with Gasteiger partial charge in [0, 0.05) is 5.39 Å². The summed E-state index contributed by atoms with van der Waals surface area (Å²) in [4.78, 5) is 0. The molecular weight excluding hydrogens is 218 g/mol. The van der Waals surface area contributed by atoms with Gasteiger partial charge in [0.25, 0.3) is 0 Å². The summed E-state index contributed by atoms with van der Waals surface area (Å²) in [6, 6.07) is 7.45. The SMILES string of the molecule is N#Cc1cc(Br)c2occc2c1. The fourth-order valence-corrected chi connectivity index (χ4v) is 1.67. The third kappa shape index (κ3) is 1.01. The van der Waals surface area contributed by atoms with Crippen LogP contribution in [-0.4, -0.2) is 0 Å². The fourth-order valence-electron chi connectivity index (χ4n) is 1.10. The molecule has 0 unspecified atom stereocenters. The Morgan fingerprint density at radius 3 is 3.00 bits per heavy atom. The Morgan fingerprint density at radius 1 is 1.42 bits per heavy atom. The molecule has 0 N–H and O–H groups in total. The number of hydrogen-bond acceptors (Lipinski definition) is 2. The molecule has 0 saturated heterocycles. The van der Waals surface area contributed by atoms with Crippen molar-refractivity contribution in [3.63, 3.8) is 0 Å². The van der Waals surface area contributed by atoms with Crippen LogP contribution in [0.2, 0.25) is 0 Å². The van der Waals surface area contributed by atoms with E-state index in [1.54, 1.807) is 18.4 Å². The summed E-state index contributed by atoms with van der Waals surface area (Å²) in [5.74, 6) is 0. The lowest BCUT2D eigenvalue weighted by Gasteiger charge is -1.92. The molecule has 0 saturated carbocycles. The van der Waals surface area contributed by atoms with Crippen LogP contribution < -0.4 is 0 Å². The molecule has 1 aromatic heterocycles. The number of furan rings is 1. The maximum atomic E-state index is 8.66. The van der Waals surface area contributed by atoms with E-state index < -0.39 is 0 Å². The third-order valence-corrected chi connectivity index (χ3v) is 2.22. The standard InChI is InChI=1S/C9H4BrNO/c10-8-4-6(5-11)3-7-1-2-12-9(7)8/h1-4H. The molecule has 2 rings (SSSR count). The van der Waals surface area contributed by atoms with Crippen LogP contribution in [-0.2, 0) is 0 Å². The lowest BCUT2D eigenvalue weighted by molar-refractivity contribution is 0.614. The first-order valence-corrected chi connectivity index (χ1v) is 4.17. The van der Waals surface area contributed by atoms with Crippen LogP contribution >= 0.6 is 15.9 Å². The molecule has 0 spiro atoms. The predicted molar refractivity (Wildman–Crippen MR) is 48.6 cm³/mol. The first-order chi connectivity index (χ1) is 5.81. The summed E-state index contributed by atoms with van der Waals surface area (Å²) < 4.78 is 6.01. The number of fused-ring (bicyclic) bond motifs is 1. The quantitative estimate of drug-likeness (QED) is 0.686. The van der Waals surface area contributed by atoms with Crippen LogP contribution in [0.5, 0.6) is 0 Å². The Hall–Kier alpha value is -1.27. The topological polar surface area (TPSA) is 36.9 Å². The zero-order valence-electron chi connectivity index (χ0n) is 6.04. The highest BCUT2D eigenvalue weighted by Gasteiger charge is 2.03. The predicted octanol–water partition coefficient (Wildman–Crippen LogP) is 3.07. The van der Waals surface area contributed by atoms with Crippen molar-refractivity contribution in [2.75, 3.05) is 0 Å². The van der Waals surface area contributed by atoms with Crippen LogP contribution in [0.15, 0.2) is 33.4 Å². The van der Waals surface area contributed by atoms with Gasteiger partial charge in [-0.2, -0.15) is 5.26 Å². The maximum absolute atomic E-state index is 8.66. The van der Waals surface area contributed by atoms with Gasteiger partial charge in [-0.3, -0.25) is 0 Å². The lowest BCUT2D eigenvalue weighted by Crippen LogP contribution is -1.74. The number of rotatable bonds is 0. The van der Waals surface area contributed by atoms with Gasteiger partial charge in [-0.05, 0) is 34.1 Å². The summed E-state index contributed by atoms with van der Waals surface area (Å²) >= 11 is 3.32. The van der Waals surface area contributed by atoms with Crippen LogP contribution in [0.4, 0.5) is 0 Å². The Bertz CT molecular complexity index is 467. The number of halogens is 1. The first-order valence-electron chi connectivity index (χ1n) is 3.38. The van der Waals surface area contributed by atoms with E-state index in [0.717, 1.165) is 15.4 Å². The zero-order chi connectivity index (χ0) is 8.55. The van der Waals surface area contributed by atoms with E-state index >= 15 is 0 Å². The molecule has 1 aromatic carbocycles. The van der Waals surface area contributed by atoms with Gasteiger partial charge in [0.15, 0.2) is 0 Å². The number of nitrogens with zero attached hydrogens (tertiary/aromatic N) is 1. The second-order valence-corrected chi connectivity index (χ2v) is 3.26. The van der Waals surface area contributed by atoms with E-state index in [9.17, 15) is 0 Å². The first kappa shape index (κ1) is 7.38. The van der Waals surface area contributed by atoms with Crippen molar-refractivity contribution >= 4 is 26.9 Å². The van der Waals surface area contributed by atoms with Gasteiger partial charge in [0.1, 0.15) is 5.58 Å². The summed E-state index contributed by atoms with van der Waals surface area (Å²) in [7, 11) is 0. The van der Waals surface area contributed by atoms with Gasteiger partial charge in [0.2, 0.25) is 0 Å². The van der Waals surface area contributed by atoms with Crippen molar-refractivity contribution in [3.8, 4) is 6.07 Å². The maximum Gasteiger partial charge on any atom is 0.148 e. The second kappa shape index (κ2) is 2.65. The van der Waals surface area contributed by atoms with Crippen LogP contribution in [0, 0.1) is 11.3 Å². The summed E-state index contributed by atoms with van der Waals surface area (Å²) in [6.07, 6.45) is 1.61. The minimum absolute atomic E-state index is 0.635. The van der Waals surface area contributed by atoms with Crippen molar-refractivity contribution in [2.24, 2.45) is 0 Å². The Morgan fingerprint density at radius 2 is 2.25 bits per heavy atom. The van der Waals surface area contributed by atoms with E-state index in [0.29, 0.717) is 5.56 Å². The molecule has 2 nitrogen and oxygen atoms in total. The van der Waals surface area contributed by atoms with Crippen molar-refractivity contribution in [1.82, 2.24) is 0 Å². The molecular formula is C9H4BrNO. The van der Waals surface area contributed by atoms with E-state index in [2.05, 4.69) is 22.0 Å². The van der Waals surface area contributed by atoms with Crippen molar-refractivity contribution < 1.29 is 4.42 Å². The molecule has 0 atom stereocenters. The highest BCUT2D eigenvalue weighted by atomic mass is 79.9. The third-order valence-electron chi connectivity index (χ3n) is 1.63. The van der Waals surface area contributed by atoms with Crippen molar-refractivity contribution in [1.29, 1.82) is 5.26 Å². The van der Waals surface area contributed by atoms with Gasteiger partial charge in [-0.1, -0.05) is 0 Å². The largest absolute Gasteiger partial charge is 0.463 e. The average Bonchev–Trinajstić information content (AvgIpc) is 2.52. The van der Waals surface area contributed by atoms with E-state index in [1.165, 1.54) is 0 Å². The van der Waals surface area contributed by atoms with Crippen LogP contribution in [0.25, 0.3) is 11.0 Å². The monoisotopic (exact) mass is 221 g/mol. The molecule has 0 aliphatic rings. The van der Waals surface area contributed by atoms with Gasteiger partial charge in [0.05, 0.1) is 22.4 Å². The molecule has 0 radical (unpaired) electrons. The molecule has 0 amide bonds. The minimum atomic E-state index is 0.635. The highest BCUT2D eigenvalue weighted by Crippen LogP contribution is 2.26. The van der Waals surface area contributed by atoms with Crippen molar-refractivity contribution in [2.45, 2.75) is 0 Å². The lowest BCUT2D eigenvalue weighted by atomic mass is 10.2. The molecule has 0 aliphatic carbocycles. The number of hydrogen-bond donors (Lipinski definition) is 0. The molecule has 0 aliphatic heterocycles. The number of benzene rings is 1. The second-order valence-electron chi connectivity index (χ2n) is 2.41. The van der Waals surface area contributed by atoms with E-state index in [1.807, 2.05) is 6.07 Å². The fraction of sp³-hybridized carbons (Fsp3) is 0. The summed E-state index contributed by atoms with van der Waals surface area (Å²) in [5.41, 5.74) is 1.42. The Labute approximate surface area is 77.5 Å². The van der Waals surface area contributed by atoms with Crippen molar-refractivity contribution in [3.05, 3.63) is 34.5 Å². The van der Waals surface area contributed by atoms with Crippen LogP contribution in [0.1, 0.15) is 5.56 Å².